The summed E-state index contributed by atoms with van der Waals surface area (Å²) in [7, 11) is 1.12. The van der Waals surface area contributed by atoms with E-state index in [0.29, 0.717) is 10.6 Å². The van der Waals surface area contributed by atoms with Gasteiger partial charge < -0.3 is 19.9 Å². The van der Waals surface area contributed by atoms with Crippen molar-refractivity contribution < 1.29 is 27.5 Å². The molecule has 2 aromatic carbocycles. The number of nitrogens with zero attached hydrogens (tertiary/aromatic N) is 3. The summed E-state index contributed by atoms with van der Waals surface area (Å²) in [6.07, 6.45) is -4.00. The van der Waals surface area contributed by atoms with Crippen LogP contribution in [0.2, 0.25) is 0 Å². The molecule has 0 aliphatic carbocycles. The minimum Gasteiger partial charge on any atom is -0.444 e. The number of pyridine rings is 1. The predicted molar refractivity (Wildman–Crippen MR) is 145 cm³/mol. The van der Waals surface area contributed by atoms with Crippen molar-refractivity contribution in [3.8, 4) is 0 Å². The van der Waals surface area contributed by atoms with E-state index in [0.717, 1.165) is 18.2 Å². The van der Waals surface area contributed by atoms with E-state index in [4.69, 9.17) is 4.74 Å². The zero-order valence-corrected chi connectivity index (χ0v) is 22.9. The number of nitrogens with one attached hydrogen (secondary N) is 1. The largest absolute Gasteiger partial charge is 0.444 e. The fourth-order valence-electron chi connectivity index (χ4n) is 4.58. The highest BCUT2D eigenvalue weighted by molar-refractivity contribution is 5.83. The van der Waals surface area contributed by atoms with Crippen molar-refractivity contribution in [1.29, 1.82) is 0 Å². The smallest absolute Gasteiger partial charge is 0.414 e. The van der Waals surface area contributed by atoms with Gasteiger partial charge in [-0.15, -0.1) is 0 Å². The molecule has 1 fully saturated rings. The number of rotatable bonds is 7. The Labute approximate surface area is 232 Å². The Bertz CT molecular complexity index is 1250. The summed E-state index contributed by atoms with van der Waals surface area (Å²) >= 11 is 0. The molecule has 1 atom stereocenters. The molecular weight excluding hydrogens is 521 g/mol. The Morgan fingerprint density at radius 1 is 0.950 bits per heavy atom. The molecule has 10 heteroatoms. The molecule has 0 saturated carbocycles. The highest BCUT2D eigenvalue weighted by Crippen LogP contribution is 2.38. The molecule has 40 heavy (non-hydrogen) atoms. The first kappa shape index (κ1) is 28.9. The zero-order valence-electron chi connectivity index (χ0n) is 22.9. The number of carbonyl (C=O) groups excluding carboxylic acids is 2. The number of amides is 2. The van der Waals surface area contributed by atoms with Crippen molar-refractivity contribution in [3.63, 3.8) is 0 Å². The predicted octanol–water partition coefficient (Wildman–Crippen LogP) is 6.21. The van der Waals surface area contributed by atoms with Crippen LogP contribution in [0.15, 0.2) is 79.0 Å². The van der Waals surface area contributed by atoms with E-state index >= 15 is 0 Å². The lowest BCUT2D eigenvalue weighted by Gasteiger charge is -2.41. The van der Waals surface area contributed by atoms with E-state index in [1.54, 1.807) is 20.8 Å². The molecule has 0 unspecified atom stereocenters. The summed E-state index contributed by atoms with van der Waals surface area (Å²) in [5.74, 6) is -1.46. The lowest BCUT2D eigenvalue weighted by Crippen LogP contribution is -2.57. The maximum absolute atomic E-state index is 14.2. The van der Waals surface area contributed by atoms with Crippen LogP contribution in [-0.2, 0) is 9.53 Å². The highest BCUT2D eigenvalue weighted by Gasteiger charge is 2.49. The molecule has 4 rings (SSSR count). The molecule has 3 aromatic rings. The Morgan fingerprint density at radius 2 is 1.50 bits per heavy atom. The summed E-state index contributed by atoms with van der Waals surface area (Å²) < 4.78 is 47.9. The third kappa shape index (κ3) is 6.91. The molecule has 0 bridgehead atoms. The van der Waals surface area contributed by atoms with Gasteiger partial charge in [-0.1, -0.05) is 60.7 Å². The molecule has 7 nitrogen and oxygen atoms in total. The minimum absolute atomic E-state index is 0.000684. The van der Waals surface area contributed by atoms with E-state index in [-0.39, 0.29) is 24.8 Å². The third-order valence-electron chi connectivity index (χ3n) is 6.57. The fraction of sp³-hybridized carbons (Fsp3) is 0.367. The number of anilines is 1. The van der Waals surface area contributed by atoms with E-state index in [1.807, 2.05) is 60.7 Å². The second-order valence-corrected chi connectivity index (χ2v) is 10.8. The van der Waals surface area contributed by atoms with Gasteiger partial charge in [0, 0.05) is 20.1 Å². The van der Waals surface area contributed by atoms with Crippen LogP contribution in [0, 0.1) is 5.92 Å². The molecule has 2 heterocycles. The monoisotopic (exact) mass is 554 g/mol. The number of alkyl halides is 3. The molecule has 2 amide bonds. The number of hydrogen-bond donors (Lipinski definition) is 1. The summed E-state index contributed by atoms with van der Waals surface area (Å²) in [6.45, 7) is 5.14. The topological polar surface area (TPSA) is 74.8 Å². The van der Waals surface area contributed by atoms with Crippen molar-refractivity contribution in [2.45, 2.75) is 44.6 Å². The van der Waals surface area contributed by atoms with E-state index in [9.17, 15) is 22.8 Å². The molecule has 1 saturated heterocycles. The molecule has 0 spiro atoms. The van der Waals surface area contributed by atoms with Crippen molar-refractivity contribution in [3.05, 3.63) is 95.8 Å². The number of halogens is 3. The normalized spacial score (nSPS) is 14.8. The SMILES string of the molecule is CN(C(=O)C1CN(C(=O)OC(C)(C)C)C1)[C@@H](c1ccc(NC(c2ccccc2)c2ccccc2)cn1)C(F)(F)F. The first-order valence-corrected chi connectivity index (χ1v) is 13.0. The standard InChI is InChI=1S/C30H33F3N4O3/c1-29(2,3)40-28(39)37-18-22(19-37)27(38)36(4)26(30(31,32)33)24-16-15-23(17-34-24)35-25(20-11-7-5-8-12-20)21-13-9-6-10-14-21/h5-17,22,25-26,35H,18-19H2,1-4H3/t26-/m0/s1. The average Bonchev–Trinajstić information content (AvgIpc) is 2.86. The molecule has 1 N–H and O–H groups in total. The lowest BCUT2D eigenvalue weighted by molar-refractivity contribution is -0.193. The number of benzene rings is 2. The van der Waals surface area contributed by atoms with Crippen LogP contribution in [0.25, 0.3) is 0 Å². The molecule has 1 aromatic heterocycles. The van der Waals surface area contributed by atoms with E-state index in [2.05, 4.69) is 10.3 Å². The molecule has 0 radical (unpaired) electrons. The van der Waals surface area contributed by atoms with Gasteiger partial charge in [0.05, 0.1) is 29.5 Å². The first-order chi connectivity index (χ1) is 18.8. The van der Waals surface area contributed by atoms with E-state index < -0.39 is 35.7 Å². The van der Waals surface area contributed by atoms with Crippen LogP contribution in [0.1, 0.15) is 49.7 Å². The molecule has 212 valence electrons. The zero-order chi connectivity index (χ0) is 29.1. The van der Waals surface area contributed by atoms with Gasteiger partial charge in [-0.25, -0.2) is 4.79 Å². The second-order valence-electron chi connectivity index (χ2n) is 10.8. The van der Waals surface area contributed by atoms with Crippen LogP contribution in [0.3, 0.4) is 0 Å². The summed E-state index contributed by atoms with van der Waals surface area (Å²) in [4.78, 5) is 31.2. The molecule has 1 aliphatic rings. The Kier molecular flexibility index (Phi) is 8.37. The van der Waals surface area contributed by atoms with Crippen molar-refractivity contribution in [1.82, 2.24) is 14.8 Å². The second kappa shape index (κ2) is 11.6. The van der Waals surface area contributed by atoms with Gasteiger partial charge in [-0.2, -0.15) is 13.2 Å². The maximum Gasteiger partial charge on any atom is 0.414 e. The van der Waals surface area contributed by atoms with Gasteiger partial charge in [0.15, 0.2) is 6.04 Å². The molecule has 1 aliphatic heterocycles. The third-order valence-corrected chi connectivity index (χ3v) is 6.57. The summed E-state index contributed by atoms with van der Waals surface area (Å²) in [5, 5.41) is 3.36. The quantitative estimate of drug-likeness (QED) is 0.376. The van der Waals surface area contributed by atoms with Gasteiger partial charge >= 0.3 is 12.3 Å². The number of aromatic nitrogens is 1. The number of hydrogen-bond acceptors (Lipinski definition) is 5. The van der Waals surface area contributed by atoms with Gasteiger partial charge in [0.25, 0.3) is 0 Å². The van der Waals surface area contributed by atoms with Gasteiger partial charge in [-0.05, 0) is 44.0 Å². The van der Waals surface area contributed by atoms with Gasteiger partial charge in [-0.3, -0.25) is 9.78 Å². The van der Waals surface area contributed by atoms with Crippen LogP contribution in [0.4, 0.5) is 23.7 Å². The van der Waals surface area contributed by atoms with Gasteiger partial charge in [0.1, 0.15) is 5.60 Å². The van der Waals surface area contributed by atoms with Crippen LogP contribution < -0.4 is 5.32 Å². The Morgan fingerprint density at radius 3 is 1.95 bits per heavy atom. The maximum atomic E-state index is 14.2. The van der Waals surface area contributed by atoms with Crippen LogP contribution in [-0.4, -0.2) is 58.7 Å². The Hall–Kier alpha value is -4.08. The fourth-order valence-corrected chi connectivity index (χ4v) is 4.58. The van der Waals surface area contributed by atoms with E-state index in [1.165, 1.54) is 23.2 Å². The van der Waals surface area contributed by atoms with Crippen molar-refractivity contribution in [2.75, 3.05) is 25.5 Å². The van der Waals surface area contributed by atoms with Crippen LogP contribution >= 0.6 is 0 Å². The average molecular weight is 555 g/mol. The lowest BCUT2D eigenvalue weighted by atomic mass is 9.97. The molecular formula is C30H33F3N4O3. The minimum atomic E-state index is -4.75. The number of carbonyl (C=O) groups is 2. The number of likely N-dealkylation sites (tertiary alicyclic amines) is 1. The highest BCUT2D eigenvalue weighted by atomic mass is 19.4. The Balaban J connectivity index is 1.48. The van der Waals surface area contributed by atoms with Crippen molar-refractivity contribution >= 4 is 17.7 Å². The van der Waals surface area contributed by atoms with Gasteiger partial charge in [0.2, 0.25) is 5.91 Å². The summed E-state index contributed by atoms with van der Waals surface area (Å²) in [6, 6.07) is 19.7. The first-order valence-electron chi connectivity index (χ1n) is 13.0. The summed E-state index contributed by atoms with van der Waals surface area (Å²) in [5.41, 5.74) is 1.49. The van der Waals surface area contributed by atoms with Crippen LogP contribution in [0.5, 0.6) is 0 Å². The number of ether oxygens (including phenoxy) is 1. The van der Waals surface area contributed by atoms with Crippen molar-refractivity contribution in [2.24, 2.45) is 5.92 Å².